The fourth-order valence-electron chi connectivity index (χ4n) is 6.42. The summed E-state index contributed by atoms with van der Waals surface area (Å²) in [6, 6.07) is 9.55. The Morgan fingerprint density at radius 3 is 2.63 bits per heavy atom. The summed E-state index contributed by atoms with van der Waals surface area (Å²) in [5.41, 5.74) is 0.354. The maximum Gasteiger partial charge on any atom is 0.339 e. The van der Waals surface area contributed by atoms with Crippen molar-refractivity contribution in [1.82, 2.24) is 4.90 Å². The predicted octanol–water partition coefficient (Wildman–Crippen LogP) is 2.06. The number of phenols is 1. The summed E-state index contributed by atoms with van der Waals surface area (Å²) >= 11 is 0. The number of rotatable bonds is 2. The van der Waals surface area contributed by atoms with Crippen LogP contribution in [0.25, 0.3) is 0 Å². The predicted molar refractivity (Wildman–Crippen MR) is 123 cm³/mol. The van der Waals surface area contributed by atoms with Gasteiger partial charge in [0.15, 0.2) is 23.4 Å². The first-order valence-electron chi connectivity index (χ1n) is 11.6. The van der Waals surface area contributed by atoms with E-state index in [1.54, 1.807) is 18.2 Å². The number of benzene rings is 2. The molecule has 3 N–H and O–H groups in total. The summed E-state index contributed by atoms with van der Waals surface area (Å²) in [6.07, 6.45) is 1.61. The molecule has 2 bridgehead atoms. The van der Waals surface area contributed by atoms with E-state index in [0.29, 0.717) is 25.0 Å². The third-order valence-corrected chi connectivity index (χ3v) is 7.90. The summed E-state index contributed by atoms with van der Waals surface area (Å²) in [5.74, 6) is -1.02. The van der Waals surface area contributed by atoms with Crippen molar-refractivity contribution < 1.29 is 39.2 Å². The number of carboxylic acids is 1. The lowest BCUT2D eigenvalue weighted by molar-refractivity contribution is -0.185. The number of para-hydroxylation sites is 1. The number of esters is 1. The van der Waals surface area contributed by atoms with Crippen molar-refractivity contribution in [2.75, 3.05) is 13.6 Å². The van der Waals surface area contributed by atoms with Gasteiger partial charge in [-0.3, -0.25) is 9.59 Å². The number of ketones is 1. The Balaban J connectivity index is 0.000000168. The van der Waals surface area contributed by atoms with Gasteiger partial charge in [0.25, 0.3) is 0 Å². The summed E-state index contributed by atoms with van der Waals surface area (Å²) in [4.78, 5) is 35.9. The van der Waals surface area contributed by atoms with E-state index in [1.165, 1.54) is 19.1 Å². The molecule has 2 aliphatic heterocycles. The van der Waals surface area contributed by atoms with Crippen molar-refractivity contribution >= 4 is 17.7 Å². The molecule has 9 nitrogen and oxygen atoms in total. The summed E-state index contributed by atoms with van der Waals surface area (Å²) in [5, 5.41) is 30.5. The van der Waals surface area contributed by atoms with Gasteiger partial charge in [0.05, 0.1) is 11.0 Å². The van der Waals surface area contributed by atoms with Crippen LogP contribution in [0, 0.1) is 0 Å². The number of aliphatic hydroxyl groups is 1. The Hall–Kier alpha value is -3.43. The Bertz CT molecular complexity index is 1240. The zero-order valence-electron chi connectivity index (χ0n) is 19.5. The quantitative estimate of drug-likeness (QED) is 0.435. The number of carboxylic acid groups (broad SMARTS) is 1. The van der Waals surface area contributed by atoms with E-state index in [4.69, 9.17) is 9.84 Å². The fourth-order valence-corrected chi connectivity index (χ4v) is 6.42. The number of phenolic OH excluding ortho intramolecular Hbond substituents is 1. The molecule has 1 saturated carbocycles. The minimum Gasteiger partial charge on any atom is -0.504 e. The molecule has 2 heterocycles. The molecule has 1 spiro atoms. The average molecular weight is 482 g/mol. The van der Waals surface area contributed by atoms with Crippen molar-refractivity contribution in [3.05, 3.63) is 53.1 Å². The molecule has 2 fully saturated rings. The second-order valence-corrected chi connectivity index (χ2v) is 9.65. The zero-order chi connectivity index (χ0) is 25.1. The van der Waals surface area contributed by atoms with Crippen LogP contribution in [0.4, 0.5) is 0 Å². The van der Waals surface area contributed by atoms with Crippen LogP contribution in [0.15, 0.2) is 36.4 Å². The molecule has 1 saturated heterocycles. The second-order valence-electron chi connectivity index (χ2n) is 9.65. The summed E-state index contributed by atoms with van der Waals surface area (Å²) in [7, 11) is 2.04. The van der Waals surface area contributed by atoms with Gasteiger partial charge in [0, 0.05) is 24.9 Å². The molecule has 2 aromatic rings. The van der Waals surface area contributed by atoms with Crippen LogP contribution in [0.3, 0.4) is 0 Å². The van der Waals surface area contributed by atoms with E-state index in [1.807, 2.05) is 13.1 Å². The minimum atomic E-state index is -1.11. The highest BCUT2D eigenvalue weighted by molar-refractivity contribution is 5.92. The van der Waals surface area contributed by atoms with Crippen molar-refractivity contribution in [3.8, 4) is 17.2 Å². The van der Waals surface area contributed by atoms with Crippen molar-refractivity contribution in [2.45, 2.75) is 55.8 Å². The number of piperidine rings is 1. The number of hydrogen-bond acceptors (Lipinski definition) is 8. The molecular weight excluding hydrogens is 454 g/mol. The zero-order valence-corrected chi connectivity index (χ0v) is 19.5. The van der Waals surface area contributed by atoms with Crippen molar-refractivity contribution in [3.63, 3.8) is 0 Å². The molecule has 6 rings (SSSR count). The average Bonchev–Trinajstić information content (AvgIpc) is 3.17. The lowest BCUT2D eigenvalue weighted by Crippen LogP contribution is -2.76. The number of aromatic carboxylic acids is 1. The Kier molecular flexibility index (Phi) is 5.37. The summed E-state index contributed by atoms with van der Waals surface area (Å²) < 4.78 is 10.6. The molecule has 9 heteroatoms. The molecular formula is C26H27NO8. The third kappa shape index (κ3) is 3.25. The first-order chi connectivity index (χ1) is 16.6. The van der Waals surface area contributed by atoms with E-state index in [9.17, 15) is 24.6 Å². The van der Waals surface area contributed by atoms with Crippen molar-refractivity contribution in [2.24, 2.45) is 0 Å². The number of aromatic hydroxyl groups is 1. The lowest BCUT2D eigenvalue weighted by Gasteiger charge is -2.61. The minimum absolute atomic E-state index is 0.00319. The van der Waals surface area contributed by atoms with Gasteiger partial charge in [0.2, 0.25) is 0 Å². The number of likely N-dealkylation sites (tertiary alicyclic amines) is 1. The van der Waals surface area contributed by atoms with Crippen LogP contribution in [0.1, 0.15) is 47.7 Å². The molecule has 35 heavy (non-hydrogen) atoms. The van der Waals surface area contributed by atoms with Gasteiger partial charge in [0.1, 0.15) is 11.3 Å². The third-order valence-electron chi connectivity index (χ3n) is 7.90. The molecule has 2 aromatic carbocycles. The van der Waals surface area contributed by atoms with E-state index in [2.05, 4.69) is 9.64 Å². The number of carbonyl (C=O) groups excluding carboxylic acids is 2. The number of ether oxygens (including phenoxy) is 2. The Morgan fingerprint density at radius 1 is 1.17 bits per heavy atom. The van der Waals surface area contributed by atoms with E-state index >= 15 is 0 Å². The molecule has 4 aliphatic rings. The maximum absolute atomic E-state index is 12.5. The number of Topliss-reactive ketones (excluding diaryl/α,β-unsaturated/α-hetero) is 1. The SMILES string of the molecule is CC(=O)Oc1ccccc1C(=O)O.CN1CC[C@]23c4c5ccc(O)c4O[C@H]2C(=O)CC[C@@]3(O)[C@H]1C5. The Morgan fingerprint density at radius 2 is 1.91 bits per heavy atom. The number of hydrogen-bond donors (Lipinski definition) is 3. The first kappa shape index (κ1) is 23.3. The number of likely N-dealkylation sites (N-methyl/N-ethyl adjacent to an activating group) is 1. The van der Waals surface area contributed by atoms with Crippen molar-refractivity contribution in [1.29, 1.82) is 0 Å². The van der Waals surface area contributed by atoms with Crippen LogP contribution in [0.2, 0.25) is 0 Å². The van der Waals surface area contributed by atoms with Gasteiger partial charge in [-0.2, -0.15) is 0 Å². The number of nitrogens with zero attached hydrogens (tertiary/aromatic N) is 1. The van der Waals surface area contributed by atoms with Gasteiger partial charge in [-0.15, -0.1) is 0 Å². The monoisotopic (exact) mass is 481 g/mol. The fraction of sp³-hybridized carbons (Fsp3) is 0.423. The van der Waals surface area contributed by atoms with Crippen LogP contribution in [-0.2, 0) is 21.4 Å². The highest BCUT2D eigenvalue weighted by Gasteiger charge is 2.72. The first-order valence-corrected chi connectivity index (χ1v) is 11.6. The van der Waals surface area contributed by atoms with E-state index in [-0.39, 0.29) is 28.9 Å². The largest absolute Gasteiger partial charge is 0.504 e. The van der Waals surface area contributed by atoms with Gasteiger partial charge in [-0.05, 0) is 56.6 Å². The summed E-state index contributed by atoms with van der Waals surface area (Å²) in [6.45, 7) is 2.05. The smallest absolute Gasteiger partial charge is 0.339 e. The molecule has 4 atom stereocenters. The van der Waals surface area contributed by atoms with Crippen LogP contribution >= 0.6 is 0 Å². The molecule has 0 unspecified atom stereocenters. The second kappa shape index (κ2) is 8.07. The lowest BCUT2D eigenvalue weighted by atomic mass is 9.49. The van der Waals surface area contributed by atoms with E-state index in [0.717, 1.165) is 24.1 Å². The molecule has 2 aliphatic carbocycles. The molecule has 184 valence electrons. The normalized spacial score (nSPS) is 29.9. The topological polar surface area (TPSA) is 134 Å². The number of carbonyl (C=O) groups is 3. The van der Waals surface area contributed by atoms with Crippen LogP contribution in [0.5, 0.6) is 17.2 Å². The van der Waals surface area contributed by atoms with E-state index < -0.39 is 29.1 Å². The highest BCUT2D eigenvalue weighted by atomic mass is 16.5. The van der Waals surface area contributed by atoms with Gasteiger partial charge in [-0.1, -0.05) is 18.2 Å². The molecule has 0 aromatic heterocycles. The Labute approximate surface area is 201 Å². The van der Waals surface area contributed by atoms with Gasteiger partial charge >= 0.3 is 11.9 Å². The van der Waals surface area contributed by atoms with Gasteiger partial charge < -0.3 is 29.7 Å². The molecule has 0 amide bonds. The maximum atomic E-state index is 12.5. The highest BCUT2D eigenvalue weighted by Crippen LogP contribution is 2.64. The standard InChI is InChI=1S/C17H19NO4.C9H8O4/c1-18-7-6-16-13-9-2-3-10(19)14(13)22-15(16)11(20)4-5-17(16,21)12(18)8-9;1-6(10)13-8-5-3-2-4-7(8)9(11)12/h2-3,12,15,19,21H,4-8H2,1H3;2-5H,1H3,(H,11,12)/t12-,15+,16+,17-;/m1./s1. The van der Waals surface area contributed by atoms with Gasteiger partial charge in [-0.25, -0.2) is 4.79 Å². The van der Waals surface area contributed by atoms with Crippen LogP contribution < -0.4 is 9.47 Å². The van der Waals surface area contributed by atoms with Crippen LogP contribution in [-0.4, -0.2) is 69.3 Å². The molecule has 0 radical (unpaired) electrons.